The van der Waals surface area contributed by atoms with E-state index < -0.39 is 17.3 Å². The van der Waals surface area contributed by atoms with Crippen LogP contribution in [-0.4, -0.2) is 38.4 Å². The van der Waals surface area contributed by atoms with E-state index in [0.29, 0.717) is 18.8 Å². The molecule has 0 aromatic heterocycles. The number of aliphatic hydroxyl groups excluding tert-OH is 1. The average molecular weight is 270 g/mol. The van der Waals surface area contributed by atoms with Gasteiger partial charge in [-0.15, -0.1) is 0 Å². The van der Waals surface area contributed by atoms with Gasteiger partial charge in [0.15, 0.2) is 5.78 Å². The van der Waals surface area contributed by atoms with Crippen LogP contribution >= 0.6 is 0 Å². The highest BCUT2D eigenvalue weighted by Gasteiger charge is 2.64. The molecular weight excluding hydrogens is 244 g/mol. The van der Waals surface area contributed by atoms with Crippen molar-refractivity contribution >= 4 is 5.78 Å². The fourth-order valence-corrected chi connectivity index (χ4v) is 3.94. The molecule has 5 atom stereocenters. The summed E-state index contributed by atoms with van der Waals surface area (Å²) in [5.41, 5.74) is -2.42. The zero-order chi connectivity index (χ0) is 14.6. The summed E-state index contributed by atoms with van der Waals surface area (Å²) in [6, 6.07) is 0. The molecule has 4 heteroatoms. The largest absolute Gasteiger partial charge is 0.390 e. The standard InChI is InChI=1S/C15H26O4/c1-13(2,18)11(16)5-6-14(3)9-7-10(14)15(4,19)12(17)8-9/h9-11,16,18-19H,5-8H2,1-4H3/t9-,10-,11+,14-,15-/m1/s1. The maximum Gasteiger partial charge on any atom is 0.164 e. The topological polar surface area (TPSA) is 77.8 Å². The number of Topliss-reactive ketones (excluding diaryl/α,β-unsaturated/α-hetero) is 1. The van der Waals surface area contributed by atoms with Crippen molar-refractivity contribution in [2.75, 3.05) is 0 Å². The summed E-state index contributed by atoms with van der Waals surface area (Å²) in [5.74, 6) is 0.258. The van der Waals surface area contributed by atoms with Gasteiger partial charge in [0.1, 0.15) is 5.60 Å². The van der Waals surface area contributed by atoms with Crippen LogP contribution < -0.4 is 0 Å². The maximum atomic E-state index is 11.8. The molecule has 0 heterocycles. The first-order valence-corrected chi connectivity index (χ1v) is 7.15. The molecule has 0 aliphatic heterocycles. The van der Waals surface area contributed by atoms with Gasteiger partial charge >= 0.3 is 0 Å². The third-order valence-electron chi connectivity index (χ3n) is 5.70. The summed E-state index contributed by atoms with van der Waals surface area (Å²) < 4.78 is 0. The summed E-state index contributed by atoms with van der Waals surface area (Å²) in [6.07, 6.45) is 1.80. The molecule has 0 radical (unpaired) electrons. The summed E-state index contributed by atoms with van der Waals surface area (Å²) in [4.78, 5) is 11.8. The zero-order valence-electron chi connectivity index (χ0n) is 12.3. The molecule has 110 valence electrons. The smallest absolute Gasteiger partial charge is 0.164 e. The van der Waals surface area contributed by atoms with Crippen LogP contribution in [0.25, 0.3) is 0 Å². The molecule has 0 aromatic carbocycles. The van der Waals surface area contributed by atoms with Gasteiger partial charge in [0, 0.05) is 12.3 Å². The molecule has 4 nitrogen and oxygen atoms in total. The quantitative estimate of drug-likeness (QED) is 0.719. The molecule has 3 rings (SSSR count). The third-order valence-corrected chi connectivity index (χ3v) is 5.70. The number of ketones is 1. The predicted octanol–water partition coefficient (Wildman–Crippen LogP) is 1.26. The Bertz CT molecular complexity index is 382. The summed E-state index contributed by atoms with van der Waals surface area (Å²) in [5, 5.41) is 30.1. The van der Waals surface area contributed by atoms with Crippen LogP contribution in [0.4, 0.5) is 0 Å². The predicted molar refractivity (Wildman–Crippen MR) is 71.5 cm³/mol. The van der Waals surface area contributed by atoms with E-state index in [4.69, 9.17) is 0 Å². The van der Waals surface area contributed by atoms with Crippen molar-refractivity contribution in [1.82, 2.24) is 0 Å². The first-order chi connectivity index (χ1) is 8.49. The van der Waals surface area contributed by atoms with E-state index in [1.165, 1.54) is 0 Å². The van der Waals surface area contributed by atoms with Gasteiger partial charge in [0.2, 0.25) is 0 Å². The van der Waals surface area contributed by atoms with Crippen LogP contribution in [0.3, 0.4) is 0 Å². The Hall–Kier alpha value is -0.450. The Morgan fingerprint density at radius 2 is 2.00 bits per heavy atom. The SMILES string of the molecule is CC(C)(O)[C@@H](O)CC[C@]1(C)[C@H]2CC(=O)[C@](C)(O)[C@@H]1C2. The van der Waals surface area contributed by atoms with Crippen LogP contribution in [0.2, 0.25) is 0 Å². The Morgan fingerprint density at radius 3 is 2.47 bits per heavy atom. The number of carbonyl (C=O) groups excluding carboxylic acids is 1. The molecule has 19 heavy (non-hydrogen) atoms. The Kier molecular flexibility index (Phi) is 3.36. The first-order valence-electron chi connectivity index (χ1n) is 7.15. The maximum absolute atomic E-state index is 11.8. The van der Waals surface area contributed by atoms with Crippen molar-refractivity contribution in [3.8, 4) is 0 Å². The highest BCUT2D eigenvalue weighted by molar-refractivity contribution is 5.89. The van der Waals surface area contributed by atoms with Gasteiger partial charge in [0.05, 0.1) is 11.7 Å². The minimum absolute atomic E-state index is 0.0137. The normalized spacial score (nSPS) is 43.8. The van der Waals surface area contributed by atoms with E-state index >= 15 is 0 Å². The van der Waals surface area contributed by atoms with Crippen molar-refractivity contribution in [3.63, 3.8) is 0 Å². The lowest BCUT2D eigenvalue weighted by molar-refractivity contribution is -0.205. The van der Waals surface area contributed by atoms with Gasteiger partial charge in [-0.25, -0.2) is 0 Å². The van der Waals surface area contributed by atoms with Crippen LogP contribution in [-0.2, 0) is 4.79 Å². The molecular formula is C15H26O4. The van der Waals surface area contributed by atoms with E-state index in [0.717, 1.165) is 12.8 Å². The zero-order valence-corrected chi connectivity index (χ0v) is 12.3. The molecule has 2 bridgehead atoms. The van der Waals surface area contributed by atoms with Crippen molar-refractivity contribution in [1.29, 1.82) is 0 Å². The number of carbonyl (C=O) groups is 1. The average Bonchev–Trinajstić information content (AvgIpc) is 2.26. The monoisotopic (exact) mass is 270 g/mol. The fourth-order valence-electron chi connectivity index (χ4n) is 3.94. The van der Waals surface area contributed by atoms with Crippen LogP contribution in [0.1, 0.15) is 53.4 Å². The van der Waals surface area contributed by atoms with Gasteiger partial charge in [-0.2, -0.15) is 0 Å². The van der Waals surface area contributed by atoms with Gasteiger partial charge in [0.25, 0.3) is 0 Å². The Morgan fingerprint density at radius 1 is 1.42 bits per heavy atom. The van der Waals surface area contributed by atoms with E-state index in [1.807, 2.05) is 0 Å². The molecule has 3 fully saturated rings. The number of hydrogen-bond donors (Lipinski definition) is 3. The van der Waals surface area contributed by atoms with Crippen LogP contribution in [0, 0.1) is 17.3 Å². The third kappa shape index (κ3) is 2.24. The minimum atomic E-state index is -1.22. The van der Waals surface area contributed by atoms with Gasteiger partial charge < -0.3 is 15.3 Å². The van der Waals surface area contributed by atoms with Crippen LogP contribution in [0.15, 0.2) is 0 Å². The van der Waals surface area contributed by atoms with E-state index in [2.05, 4.69) is 6.92 Å². The fraction of sp³-hybridized carbons (Fsp3) is 0.933. The second kappa shape index (κ2) is 4.27. The molecule has 0 amide bonds. The highest BCUT2D eigenvalue weighted by Crippen LogP contribution is 2.63. The molecule has 0 spiro atoms. The Balaban J connectivity index is 2.04. The van der Waals surface area contributed by atoms with E-state index in [1.54, 1.807) is 20.8 Å². The molecule has 0 saturated heterocycles. The number of fused-ring (bicyclic) bond motifs is 2. The van der Waals surface area contributed by atoms with Crippen LogP contribution in [0.5, 0.6) is 0 Å². The van der Waals surface area contributed by atoms with Gasteiger partial charge in [-0.1, -0.05) is 6.92 Å². The number of aliphatic hydroxyl groups is 3. The summed E-state index contributed by atoms with van der Waals surface area (Å²) in [6.45, 7) is 6.92. The molecule has 3 aliphatic rings. The summed E-state index contributed by atoms with van der Waals surface area (Å²) >= 11 is 0. The highest BCUT2D eigenvalue weighted by atomic mass is 16.3. The number of hydrogen-bond acceptors (Lipinski definition) is 4. The van der Waals surface area contributed by atoms with Crippen molar-refractivity contribution in [2.45, 2.75) is 70.7 Å². The van der Waals surface area contributed by atoms with Crippen molar-refractivity contribution in [3.05, 3.63) is 0 Å². The van der Waals surface area contributed by atoms with Crippen molar-refractivity contribution < 1.29 is 20.1 Å². The van der Waals surface area contributed by atoms with Crippen molar-refractivity contribution in [2.24, 2.45) is 17.3 Å². The second-order valence-corrected chi connectivity index (χ2v) is 7.47. The number of rotatable bonds is 4. The lowest BCUT2D eigenvalue weighted by Crippen LogP contribution is -2.66. The van der Waals surface area contributed by atoms with E-state index in [9.17, 15) is 20.1 Å². The Labute approximate surface area is 114 Å². The summed E-state index contributed by atoms with van der Waals surface area (Å²) in [7, 11) is 0. The van der Waals surface area contributed by atoms with E-state index in [-0.39, 0.29) is 17.1 Å². The lowest BCUT2D eigenvalue weighted by Gasteiger charge is -2.63. The lowest BCUT2D eigenvalue weighted by atomic mass is 9.42. The minimum Gasteiger partial charge on any atom is -0.390 e. The molecule has 3 saturated carbocycles. The molecule has 0 aromatic rings. The van der Waals surface area contributed by atoms with Gasteiger partial charge in [-0.3, -0.25) is 4.79 Å². The molecule has 3 N–H and O–H groups in total. The molecule has 3 aliphatic carbocycles. The molecule has 0 unspecified atom stereocenters. The first kappa shape index (κ1) is 14.9. The second-order valence-electron chi connectivity index (χ2n) is 7.47. The van der Waals surface area contributed by atoms with Gasteiger partial charge in [-0.05, 0) is 51.4 Å².